The molecule has 21 N–H and O–H groups in total. The van der Waals surface area contributed by atoms with Gasteiger partial charge in [-0.2, -0.15) is 0 Å². The summed E-state index contributed by atoms with van der Waals surface area (Å²) in [5.41, 5.74) is 15.4. The van der Waals surface area contributed by atoms with E-state index in [2.05, 4.69) is 101 Å². The standard InChI is InChI=1S/C96H135ClN28O22/c1-60-51-72(109-64-22-20-63(97)21-23-64)69-52-62(19-24-73(69)125(60)61(2)126)67-15-11-12-16-68(67)85(130)105-33-35-139-37-39-141-41-43-143-45-47-145-49-50-146-48-46-144-44-42-142-40-38-140-36-34-106-90(135)82-117-76(57-122(82)8)114-80(128)26-31-103-88(133)74-53-66(56-120(74)6)111-92(137)84-119-78(59-124(84)10)116-81(129)27-32-104-89(134)75-54-65(55-121(75)7)110-91(136)83-118-77(58-123(83)9)115-79(127)25-30-102-86(131)70(17-13-28-107-93(98)99)112-87(132)71(18-14-29-108-94(100)101)113-95(138)147-96(3,4)5/h11-12,15-16,19-24,52-60,70-72,109H,13-14,17-18,25-51H2,1-10H3,(H,102,131)(H,103,133)(H,104,134)(H,105,130)(H,106,135)(H,110,136)(H,111,137)(H,112,132)(H,113,138)(H,114,128)(H,115,127)(H,116,129)(H4,98,99,107)(H4,100,101,108)/t60-,70-,71-,72+/m0/s1. The fraction of sp³-hybridized carbons (Fsp3) is 0.479. The second-order valence-corrected chi connectivity index (χ2v) is 35.3. The molecule has 50 nitrogen and oxygen atoms in total. The lowest BCUT2D eigenvalue weighted by Crippen LogP contribution is -2.54. The molecule has 6 heterocycles. The predicted molar refractivity (Wildman–Crippen MR) is 545 cm³/mol. The highest BCUT2D eigenvalue weighted by atomic mass is 35.5. The summed E-state index contributed by atoms with van der Waals surface area (Å²) in [6.45, 7) is 14.6. The third kappa shape index (κ3) is 39.5. The molecule has 0 fully saturated rings. The van der Waals surface area contributed by atoms with Crippen LogP contribution in [0.3, 0.4) is 0 Å². The van der Waals surface area contributed by atoms with E-state index in [1.807, 2.05) is 66.4 Å². The molecule has 9 rings (SSSR count). The Morgan fingerprint density at radius 3 is 1.27 bits per heavy atom. The van der Waals surface area contributed by atoms with E-state index in [4.69, 9.17) is 76.5 Å². The average Bonchev–Trinajstić information content (AvgIpc) is 1.76. The highest BCUT2D eigenvalue weighted by Gasteiger charge is 2.35. The number of nitrogens with two attached hydrogens (primary N) is 2. The van der Waals surface area contributed by atoms with Crippen molar-refractivity contribution in [3.8, 4) is 11.1 Å². The first-order valence-corrected chi connectivity index (χ1v) is 48.2. The Balaban J connectivity index is 0.552. The quantitative estimate of drug-likeness (QED) is 0.0146. The van der Waals surface area contributed by atoms with E-state index < -0.39 is 82.8 Å². The number of alkyl carbamates (subject to hydrolysis) is 1. The number of rotatable bonds is 62. The number of hydrogen-bond acceptors (Lipinski definition) is 28. The molecule has 5 aromatic heterocycles. The zero-order valence-electron chi connectivity index (χ0n) is 84.2. The van der Waals surface area contributed by atoms with Crippen molar-refractivity contribution in [3.05, 3.63) is 155 Å². The molecule has 147 heavy (non-hydrogen) atoms. The molecular formula is C96H135ClN28O22. The summed E-state index contributed by atoms with van der Waals surface area (Å²) in [6.07, 6.45) is 7.06. The Morgan fingerprint density at radius 1 is 0.435 bits per heavy atom. The van der Waals surface area contributed by atoms with Crippen molar-refractivity contribution in [2.45, 2.75) is 116 Å². The summed E-state index contributed by atoms with van der Waals surface area (Å²) in [5, 5.41) is 56.4. The minimum absolute atomic E-state index is 0.00465. The van der Waals surface area contributed by atoms with Gasteiger partial charge in [-0.05, 0) is 131 Å². The molecule has 4 atom stereocenters. The van der Waals surface area contributed by atoms with Gasteiger partial charge in [0, 0.05) is 166 Å². The molecule has 0 saturated carbocycles. The van der Waals surface area contributed by atoms with E-state index in [1.54, 1.807) is 54.9 Å². The molecule has 0 spiro atoms. The van der Waals surface area contributed by atoms with Gasteiger partial charge < -0.3 is 162 Å². The molecule has 1 aliphatic heterocycles. The monoisotopic (exact) mass is 2070 g/mol. The third-order valence-corrected chi connectivity index (χ3v) is 22.2. The first kappa shape index (κ1) is 116. The van der Waals surface area contributed by atoms with Gasteiger partial charge in [-0.1, -0.05) is 35.9 Å². The topological polar surface area (TPSA) is 652 Å². The number of aromatic nitrogens is 8. The Morgan fingerprint density at radius 2 is 0.837 bits per heavy atom. The average molecular weight is 2070 g/mol. The number of ether oxygens (including phenoxy) is 9. The zero-order valence-corrected chi connectivity index (χ0v) is 84.9. The van der Waals surface area contributed by atoms with E-state index >= 15 is 0 Å². The van der Waals surface area contributed by atoms with Gasteiger partial charge in [-0.15, -0.1) is 0 Å². The lowest BCUT2D eigenvalue weighted by molar-refractivity contribution is -0.130. The van der Waals surface area contributed by atoms with Crippen LogP contribution in [0.15, 0.2) is 110 Å². The van der Waals surface area contributed by atoms with Crippen LogP contribution in [-0.4, -0.2) is 302 Å². The summed E-state index contributed by atoms with van der Waals surface area (Å²) >= 11 is 6.16. The summed E-state index contributed by atoms with van der Waals surface area (Å²) in [7, 11) is 7.77. The normalized spacial score (nSPS) is 13.0. The summed E-state index contributed by atoms with van der Waals surface area (Å²) < 4.78 is 57.2. The van der Waals surface area contributed by atoms with Crippen molar-refractivity contribution >= 4 is 141 Å². The minimum Gasteiger partial charge on any atom is -0.444 e. The van der Waals surface area contributed by atoms with Crippen LogP contribution in [0.1, 0.15) is 161 Å². The molecule has 798 valence electrons. The van der Waals surface area contributed by atoms with Gasteiger partial charge >= 0.3 is 6.09 Å². The Kier molecular flexibility index (Phi) is 46.8. The molecule has 0 saturated heterocycles. The number of carbonyl (C=O) groups excluding carboxylic acids is 13. The lowest BCUT2D eigenvalue weighted by Gasteiger charge is -2.40. The number of nitrogens with one attached hydrogen (secondary N) is 17. The number of anilines is 7. The van der Waals surface area contributed by atoms with Crippen LogP contribution >= 0.6 is 11.6 Å². The molecule has 51 heteroatoms. The Bertz CT molecular complexity index is 5790. The maximum Gasteiger partial charge on any atom is 0.408 e. The van der Waals surface area contributed by atoms with Crippen LogP contribution in [0, 0.1) is 10.8 Å². The number of benzene rings is 3. The highest BCUT2D eigenvalue weighted by molar-refractivity contribution is 6.30. The number of carbonyl (C=O) groups is 13. The number of hydrogen-bond donors (Lipinski definition) is 19. The van der Waals surface area contributed by atoms with E-state index in [0.29, 0.717) is 116 Å². The number of imidazole rings is 3. The maximum absolute atomic E-state index is 13.6. The van der Waals surface area contributed by atoms with Crippen LogP contribution in [-0.2, 0) is 107 Å². The minimum atomic E-state index is -1.17. The lowest BCUT2D eigenvalue weighted by atomic mass is 9.88. The molecule has 13 amide bonds. The third-order valence-electron chi connectivity index (χ3n) is 21.9. The van der Waals surface area contributed by atoms with E-state index in [9.17, 15) is 62.3 Å². The smallest absolute Gasteiger partial charge is 0.408 e. The summed E-state index contributed by atoms with van der Waals surface area (Å²) in [4.78, 5) is 187. The molecule has 0 aliphatic carbocycles. The number of aryl methyl sites for hydroxylation is 5. The molecule has 0 bridgehead atoms. The molecule has 8 aromatic rings. The summed E-state index contributed by atoms with van der Waals surface area (Å²) in [5.74, 6) is -6.99. The van der Waals surface area contributed by atoms with Gasteiger partial charge in [-0.25, -0.2) is 19.7 Å². The molecule has 0 unspecified atom stereocenters. The Labute approximate surface area is 854 Å². The fourth-order valence-corrected chi connectivity index (χ4v) is 15.2. The number of halogens is 1. The number of guanidine groups is 2. The van der Waals surface area contributed by atoms with Crippen LogP contribution in [0.5, 0.6) is 0 Å². The molecular weight excluding hydrogens is 1930 g/mol. The predicted octanol–water partition coefficient (Wildman–Crippen LogP) is 3.85. The van der Waals surface area contributed by atoms with Gasteiger partial charge in [0.2, 0.25) is 52.9 Å². The van der Waals surface area contributed by atoms with Gasteiger partial charge in [0.25, 0.3) is 35.4 Å². The first-order valence-electron chi connectivity index (χ1n) is 47.9. The van der Waals surface area contributed by atoms with Crippen LogP contribution in [0.4, 0.5) is 45.0 Å². The van der Waals surface area contributed by atoms with Crippen molar-refractivity contribution in [2.75, 3.05) is 188 Å². The second-order valence-electron chi connectivity index (χ2n) is 34.9. The van der Waals surface area contributed by atoms with Crippen molar-refractivity contribution in [1.82, 2.24) is 85.6 Å². The molecule has 3 aromatic carbocycles. The van der Waals surface area contributed by atoms with Gasteiger partial charge in [-0.3, -0.25) is 68.4 Å². The number of nitrogens with zero attached hydrogens (tertiary/aromatic N) is 9. The Hall–Kier alpha value is -14.9. The van der Waals surface area contributed by atoms with E-state index in [0.717, 1.165) is 28.1 Å². The van der Waals surface area contributed by atoms with Gasteiger partial charge in [0.15, 0.2) is 29.4 Å². The van der Waals surface area contributed by atoms with E-state index in [1.165, 1.54) is 80.0 Å². The molecule has 1 aliphatic rings. The zero-order chi connectivity index (χ0) is 106. The first-order chi connectivity index (χ1) is 70.4. The largest absolute Gasteiger partial charge is 0.444 e. The van der Waals surface area contributed by atoms with Gasteiger partial charge in [0.1, 0.15) is 29.1 Å². The van der Waals surface area contributed by atoms with Crippen molar-refractivity contribution < 1.29 is 105 Å². The van der Waals surface area contributed by atoms with Crippen molar-refractivity contribution in [1.29, 1.82) is 10.8 Å². The summed E-state index contributed by atoms with van der Waals surface area (Å²) in [6, 6.07) is 21.3. The van der Waals surface area contributed by atoms with Crippen LogP contribution in [0.2, 0.25) is 5.02 Å². The number of fused-ring (bicyclic) bond motifs is 1. The maximum atomic E-state index is 13.6. The molecule has 0 radical (unpaired) electrons. The van der Waals surface area contributed by atoms with Crippen LogP contribution < -0.4 is 96.1 Å². The number of amides is 13. The van der Waals surface area contributed by atoms with Crippen molar-refractivity contribution in [2.24, 2.45) is 46.7 Å². The fourth-order valence-electron chi connectivity index (χ4n) is 15.0. The van der Waals surface area contributed by atoms with E-state index in [-0.39, 0.29) is 191 Å². The van der Waals surface area contributed by atoms with Crippen LogP contribution in [0.25, 0.3) is 11.1 Å². The second kappa shape index (κ2) is 59.5. The highest BCUT2D eigenvalue weighted by Crippen LogP contribution is 2.42. The SMILES string of the molecule is CC(=O)N1c2ccc(-c3ccccc3C(=O)NCCOCCOCCOCCOCCOCCOCCOCCOCCNC(=O)c3nc(NC(=O)CCNC(=O)c4cc(NC(=O)c5nc(NC(=O)CCNC(=O)c6cc(NC(=O)c7nc(NC(=O)CCNC(=O)[C@H](CCCNC(=N)N)NC(=O)[C@H](CCCNC(=N)N)NC(=O)OC(C)(C)C)cn7C)cn6C)cn5C)cn4C)cn3C)cc2[C@H](Nc2ccc(Cl)cc2)C[C@@H]1C. The van der Waals surface area contributed by atoms with Gasteiger partial charge in [0.05, 0.1) is 123 Å². The van der Waals surface area contributed by atoms with Crippen molar-refractivity contribution in [3.63, 3.8) is 0 Å².